The van der Waals surface area contributed by atoms with Crippen molar-refractivity contribution in [3.63, 3.8) is 0 Å². The van der Waals surface area contributed by atoms with Gasteiger partial charge in [-0.3, -0.25) is 15.1 Å². The molecule has 1 saturated heterocycles. The SMILES string of the molecule is CCN=C1NC(=O)C(C(C)C)N1. The lowest BCUT2D eigenvalue weighted by molar-refractivity contribution is -0.120. The number of amides is 1. The number of rotatable bonds is 2. The molecule has 0 aromatic carbocycles. The van der Waals surface area contributed by atoms with E-state index in [1.54, 1.807) is 0 Å². The lowest BCUT2D eigenvalue weighted by atomic mass is 10.1. The number of hydrogen-bond acceptors (Lipinski definition) is 2. The van der Waals surface area contributed by atoms with Crippen LogP contribution in [0, 0.1) is 5.92 Å². The molecule has 0 aliphatic carbocycles. The molecule has 4 nitrogen and oxygen atoms in total. The van der Waals surface area contributed by atoms with E-state index < -0.39 is 0 Å². The van der Waals surface area contributed by atoms with E-state index in [0.717, 1.165) is 0 Å². The second-order valence-corrected chi connectivity index (χ2v) is 3.18. The summed E-state index contributed by atoms with van der Waals surface area (Å²) in [5, 5.41) is 5.72. The maximum Gasteiger partial charge on any atom is 0.249 e. The van der Waals surface area contributed by atoms with Gasteiger partial charge in [-0.05, 0) is 12.8 Å². The van der Waals surface area contributed by atoms with Crippen LogP contribution in [0.25, 0.3) is 0 Å². The summed E-state index contributed by atoms with van der Waals surface area (Å²) in [5.41, 5.74) is 0. The summed E-state index contributed by atoms with van der Waals surface area (Å²) in [6, 6.07) is -0.115. The number of guanidine groups is 1. The standard InChI is InChI=1S/C8H15N3O/c1-4-9-8-10-6(5(2)3)7(12)11-8/h5-6H,4H2,1-3H3,(H2,9,10,11,12). The first-order chi connectivity index (χ1) is 5.65. The van der Waals surface area contributed by atoms with Crippen molar-refractivity contribution in [3.8, 4) is 0 Å². The van der Waals surface area contributed by atoms with Gasteiger partial charge in [0, 0.05) is 6.54 Å². The third-order valence-corrected chi connectivity index (χ3v) is 1.80. The van der Waals surface area contributed by atoms with Crippen molar-refractivity contribution in [2.45, 2.75) is 26.8 Å². The Hall–Kier alpha value is -1.06. The normalized spacial score (nSPS) is 26.2. The van der Waals surface area contributed by atoms with Crippen LogP contribution in [0.2, 0.25) is 0 Å². The number of hydrogen-bond donors (Lipinski definition) is 2. The van der Waals surface area contributed by atoms with Gasteiger partial charge in [0.1, 0.15) is 6.04 Å². The molecule has 2 N–H and O–H groups in total. The van der Waals surface area contributed by atoms with Crippen LogP contribution >= 0.6 is 0 Å². The van der Waals surface area contributed by atoms with Gasteiger partial charge in [0.2, 0.25) is 5.91 Å². The van der Waals surface area contributed by atoms with Crippen LogP contribution in [0.15, 0.2) is 4.99 Å². The fraction of sp³-hybridized carbons (Fsp3) is 0.750. The second-order valence-electron chi connectivity index (χ2n) is 3.18. The molecule has 4 heteroatoms. The van der Waals surface area contributed by atoms with E-state index in [1.807, 2.05) is 20.8 Å². The van der Waals surface area contributed by atoms with E-state index >= 15 is 0 Å². The molecule has 1 rings (SSSR count). The van der Waals surface area contributed by atoms with Crippen LogP contribution < -0.4 is 10.6 Å². The molecule has 1 aliphatic rings. The average Bonchev–Trinajstić information content (AvgIpc) is 2.32. The Morgan fingerprint density at radius 2 is 2.25 bits per heavy atom. The minimum atomic E-state index is -0.115. The summed E-state index contributed by atoms with van der Waals surface area (Å²) >= 11 is 0. The summed E-state index contributed by atoms with van der Waals surface area (Å²) < 4.78 is 0. The van der Waals surface area contributed by atoms with Gasteiger partial charge in [-0.15, -0.1) is 0 Å². The average molecular weight is 169 g/mol. The summed E-state index contributed by atoms with van der Waals surface area (Å²) in [6.07, 6.45) is 0. The van der Waals surface area contributed by atoms with Gasteiger partial charge in [0.15, 0.2) is 5.96 Å². The van der Waals surface area contributed by atoms with Crippen molar-refractivity contribution >= 4 is 11.9 Å². The number of carbonyl (C=O) groups is 1. The summed E-state index contributed by atoms with van der Waals surface area (Å²) in [6.45, 7) is 6.63. The van der Waals surface area contributed by atoms with E-state index in [1.165, 1.54) is 0 Å². The topological polar surface area (TPSA) is 53.5 Å². The lowest BCUT2D eigenvalue weighted by Crippen LogP contribution is -2.34. The van der Waals surface area contributed by atoms with Crippen molar-refractivity contribution in [3.05, 3.63) is 0 Å². The molecule has 1 amide bonds. The van der Waals surface area contributed by atoms with Crippen LogP contribution in [0.5, 0.6) is 0 Å². The zero-order valence-electron chi connectivity index (χ0n) is 7.72. The van der Waals surface area contributed by atoms with Crippen LogP contribution in [0.3, 0.4) is 0 Å². The predicted octanol–water partition coefficient (Wildman–Crippen LogP) is 0.106. The molecule has 1 unspecified atom stereocenters. The molecule has 1 heterocycles. The molecule has 1 atom stereocenters. The van der Waals surface area contributed by atoms with Gasteiger partial charge >= 0.3 is 0 Å². The minimum absolute atomic E-state index is 0.0252. The number of nitrogens with zero attached hydrogens (tertiary/aromatic N) is 1. The highest BCUT2D eigenvalue weighted by atomic mass is 16.2. The zero-order chi connectivity index (χ0) is 9.14. The lowest BCUT2D eigenvalue weighted by Gasteiger charge is -2.10. The molecule has 0 spiro atoms. The van der Waals surface area contributed by atoms with Crippen LogP contribution in [-0.4, -0.2) is 24.5 Å². The Morgan fingerprint density at radius 1 is 1.58 bits per heavy atom. The minimum Gasteiger partial charge on any atom is -0.344 e. The highest BCUT2D eigenvalue weighted by Crippen LogP contribution is 2.05. The third kappa shape index (κ3) is 1.75. The van der Waals surface area contributed by atoms with E-state index in [4.69, 9.17) is 0 Å². The highest BCUT2D eigenvalue weighted by Gasteiger charge is 2.30. The monoisotopic (exact) mass is 169 g/mol. The van der Waals surface area contributed by atoms with Crippen molar-refractivity contribution in [1.82, 2.24) is 10.6 Å². The van der Waals surface area contributed by atoms with Crippen molar-refractivity contribution in [2.75, 3.05) is 6.54 Å². The largest absolute Gasteiger partial charge is 0.344 e. The van der Waals surface area contributed by atoms with E-state index in [2.05, 4.69) is 15.6 Å². The Bertz CT molecular complexity index is 210. The smallest absolute Gasteiger partial charge is 0.249 e. The molecule has 0 saturated carbocycles. The van der Waals surface area contributed by atoms with Gasteiger partial charge in [-0.25, -0.2) is 0 Å². The molecule has 1 fully saturated rings. The molecule has 12 heavy (non-hydrogen) atoms. The maximum atomic E-state index is 11.2. The van der Waals surface area contributed by atoms with E-state index in [9.17, 15) is 4.79 Å². The highest BCUT2D eigenvalue weighted by molar-refractivity contribution is 6.06. The predicted molar refractivity (Wildman–Crippen MR) is 47.9 cm³/mol. The third-order valence-electron chi connectivity index (χ3n) is 1.80. The Kier molecular flexibility index (Phi) is 2.68. The number of nitrogens with one attached hydrogen (secondary N) is 2. The van der Waals surface area contributed by atoms with Crippen molar-refractivity contribution < 1.29 is 4.79 Å². The summed E-state index contributed by atoms with van der Waals surface area (Å²) in [7, 11) is 0. The molecule has 0 aromatic heterocycles. The van der Waals surface area contributed by atoms with Crippen molar-refractivity contribution in [2.24, 2.45) is 10.9 Å². The van der Waals surface area contributed by atoms with Gasteiger partial charge in [0.05, 0.1) is 0 Å². The van der Waals surface area contributed by atoms with Crippen LogP contribution in [-0.2, 0) is 4.79 Å². The first-order valence-electron chi connectivity index (χ1n) is 4.27. The van der Waals surface area contributed by atoms with E-state index in [0.29, 0.717) is 18.4 Å². The van der Waals surface area contributed by atoms with Crippen LogP contribution in [0.1, 0.15) is 20.8 Å². The Labute approximate surface area is 72.4 Å². The molecule has 68 valence electrons. The molecule has 0 aromatic rings. The number of aliphatic imine (C=N–C) groups is 1. The van der Waals surface area contributed by atoms with Crippen molar-refractivity contribution in [1.29, 1.82) is 0 Å². The fourth-order valence-corrected chi connectivity index (χ4v) is 1.16. The maximum absolute atomic E-state index is 11.2. The first-order valence-corrected chi connectivity index (χ1v) is 4.27. The molecular weight excluding hydrogens is 154 g/mol. The molecule has 1 aliphatic heterocycles. The Morgan fingerprint density at radius 3 is 2.67 bits per heavy atom. The quantitative estimate of drug-likeness (QED) is 0.616. The zero-order valence-corrected chi connectivity index (χ0v) is 7.72. The number of carbonyl (C=O) groups excluding carboxylic acids is 1. The van der Waals surface area contributed by atoms with Crippen LogP contribution in [0.4, 0.5) is 0 Å². The van der Waals surface area contributed by atoms with Gasteiger partial charge in [-0.2, -0.15) is 0 Å². The van der Waals surface area contributed by atoms with E-state index in [-0.39, 0.29) is 11.9 Å². The van der Waals surface area contributed by atoms with Gasteiger partial charge in [0.25, 0.3) is 0 Å². The molecular formula is C8H15N3O. The van der Waals surface area contributed by atoms with Gasteiger partial charge < -0.3 is 5.32 Å². The Balaban J connectivity index is 2.62. The molecule has 0 bridgehead atoms. The fourth-order valence-electron chi connectivity index (χ4n) is 1.16. The second kappa shape index (κ2) is 3.56. The summed E-state index contributed by atoms with van der Waals surface area (Å²) in [4.78, 5) is 15.3. The van der Waals surface area contributed by atoms with Gasteiger partial charge in [-0.1, -0.05) is 13.8 Å². The molecule has 0 radical (unpaired) electrons. The first kappa shape index (κ1) is 9.03. The summed E-state index contributed by atoms with van der Waals surface area (Å²) in [5.74, 6) is 0.938.